The summed E-state index contributed by atoms with van der Waals surface area (Å²) >= 11 is 3.19. The highest BCUT2D eigenvalue weighted by Gasteiger charge is 2.31. The molecule has 0 atom stereocenters. The molecule has 2 rings (SSSR count). The van der Waals surface area contributed by atoms with Gasteiger partial charge in [0.2, 0.25) is 0 Å². The molecule has 0 unspecified atom stereocenters. The van der Waals surface area contributed by atoms with Crippen LogP contribution in [0.5, 0.6) is 0 Å². The van der Waals surface area contributed by atoms with Gasteiger partial charge < -0.3 is 11.1 Å². The van der Waals surface area contributed by atoms with E-state index in [1.165, 1.54) is 12.4 Å². The summed E-state index contributed by atoms with van der Waals surface area (Å²) in [6.07, 6.45) is -3.16. The molecular weight excluding hydrogens is 337 g/mol. The summed E-state index contributed by atoms with van der Waals surface area (Å²) in [5, 5.41) is 2.82. The fourth-order valence-electron chi connectivity index (χ4n) is 1.51. The smallest absolute Gasteiger partial charge is 0.383 e. The highest BCUT2D eigenvalue weighted by Crippen LogP contribution is 2.35. The number of nitrogens with two attached hydrogens (primary N) is 1. The van der Waals surface area contributed by atoms with E-state index in [0.717, 1.165) is 12.1 Å². The molecule has 0 aliphatic rings. The van der Waals surface area contributed by atoms with Crippen LogP contribution in [0.3, 0.4) is 0 Å². The van der Waals surface area contributed by atoms with E-state index in [9.17, 15) is 13.2 Å². The Kier molecular flexibility index (Phi) is 3.85. The first-order chi connectivity index (χ1) is 9.29. The SMILES string of the molecule is Cc1c(N)ncnc1Nc1cc(C(F)(F)F)ccc1Br. The lowest BCUT2D eigenvalue weighted by Crippen LogP contribution is -2.07. The molecule has 0 saturated carbocycles. The summed E-state index contributed by atoms with van der Waals surface area (Å²) in [7, 11) is 0. The van der Waals surface area contributed by atoms with E-state index >= 15 is 0 Å². The van der Waals surface area contributed by atoms with E-state index in [-0.39, 0.29) is 11.5 Å². The first-order valence-electron chi connectivity index (χ1n) is 5.50. The summed E-state index contributed by atoms with van der Waals surface area (Å²) < 4.78 is 38.6. The van der Waals surface area contributed by atoms with E-state index in [2.05, 4.69) is 31.2 Å². The number of benzene rings is 1. The number of hydrogen-bond donors (Lipinski definition) is 2. The molecule has 2 aromatic rings. The van der Waals surface area contributed by atoms with Gasteiger partial charge in [-0.2, -0.15) is 13.2 Å². The first kappa shape index (κ1) is 14.6. The number of nitrogens with one attached hydrogen (secondary N) is 1. The maximum absolute atomic E-state index is 12.7. The molecule has 8 heteroatoms. The van der Waals surface area contributed by atoms with Gasteiger partial charge in [-0.25, -0.2) is 9.97 Å². The van der Waals surface area contributed by atoms with Crippen LogP contribution in [0.15, 0.2) is 29.0 Å². The van der Waals surface area contributed by atoms with Crippen molar-refractivity contribution in [1.82, 2.24) is 9.97 Å². The van der Waals surface area contributed by atoms with Crippen LogP contribution in [0.1, 0.15) is 11.1 Å². The molecule has 1 heterocycles. The number of nitrogen functional groups attached to an aromatic ring is 1. The molecule has 4 nitrogen and oxygen atoms in total. The van der Waals surface area contributed by atoms with Gasteiger partial charge >= 0.3 is 6.18 Å². The lowest BCUT2D eigenvalue weighted by molar-refractivity contribution is -0.137. The molecule has 1 aromatic carbocycles. The Morgan fingerprint density at radius 3 is 2.60 bits per heavy atom. The van der Waals surface area contributed by atoms with Gasteiger partial charge in [-0.05, 0) is 41.1 Å². The third-order valence-corrected chi connectivity index (χ3v) is 3.36. The van der Waals surface area contributed by atoms with Crippen LogP contribution in [-0.4, -0.2) is 9.97 Å². The number of anilines is 3. The minimum absolute atomic E-state index is 0.251. The Morgan fingerprint density at radius 1 is 1.25 bits per heavy atom. The fraction of sp³-hybridized carbons (Fsp3) is 0.167. The van der Waals surface area contributed by atoms with E-state index in [1.54, 1.807) is 6.92 Å². The van der Waals surface area contributed by atoms with E-state index in [4.69, 9.17) is 5.73 Å². The number of aromatic nitrogens is 2. The third-order valence-electron chi connectivity index (χ3n) is 2.67. The van der Waals surface area contributed by atoms with Crippen molar-refractivity contribution < 1.29 is 13.2 Å². The van der Waals surface area contributed by atoms with Crippen LogP contribution in [0.2, 0.25) is 0 Å². The zero-order chi connectivity index (χ0) is 14.9. The number of halogens is 4. The standard InChI is InChI=1S/C12H10BrF3N4/c1-6-10(17)18-5-19-11(6)20-9-4-7(12(14,15)16)2-3-8(9)13/h2-5H,1H3,(H3,17,18,19,20). The monoisotopic (exact) mass is 346 g/mol. The Morgan fingerprint density at radius 2 is 1.95 bits per heavy atom. The molecule has 0 spiro atoms. The van der Waals surface area contributed by atoms with Gasteiger partial charge in [0.15, 0.2) is 0 Å². The van der Waals surface area contributed by atoms with Crippen molar-refractivity contribution in [2.45, 2.75) is 13.1 Å². The molecule has 1 aromatic heterocycles. The summed E-state index contributed by atoms with van der Waals surface area (Å²) in [5.74, 6) is 0.628. The van der Waals surface area contributed by atoms with E-state index in [1.807, 2.05) is 0 Å². The molecule has 0 bridgehead atoms. The predicted molar refractivity (Wildman–Crippen MR) is 73.6 cm³/mol. The topological polar surface area (TPSA) is 63.8 Å². The van der Waals surface area contributed by atoms with Crippen LogP contribution in [0.4, 0.5) is 30.5 Å². The molecule has 0 amide bonds. The maximum Gasteiger partial charge on any atom is 0.416 e. The summed E-state index contributed by atoms with van der Waals surface area (Å²) in [5.41, 5.74) is 5.70. The van der Waals surface area contributed by atoms with Gasteiger partial charge in [-0.3, -0.25) is 0 Å². The number of rotatable bonds is 2. The summed E-state index contributed by atoms with van der Waals surface area (Å²) in [4.78, 5) is 7.76. The molecule has 0 saturated heterocycles. The van der Waals surface area contributed by atoms with Crippen LogP contribution in [-0.2, 0) is 6.18 Å². The second-order valence-electron chi connectivity index (χ2n) is 4.05. The maximum atomic E-state index is 12.7. The lowest BCUT2D eigenvalue weighted by Gasteiger charge is -2.13. The van der Waals surface area contributed by atoms with Crippen molar-refractivity contribution in [2.24, 2.45) is 0 Å². The number of alkyl halides is 3. The second-order valence-corrected chi connectivity index (χ2v) is 4.90. The van der Waals surface area contributed by atoms with Crippen molar-refractivity contribution in [3.63, 3.8) is 0 Å². The quantitative estimate of drug-likeness (QED) is 0.865. The molecule has 20 heavy (non-hydrogen) atoms. The largest absolute Gasteiger partial charge is 0.416 e. The minimum Gasteiger partial charge on any atom is -0.383 e. The van der Waals surface area contributed by atoms with Crippen molar-refractivity contribution in [2.75, 3.05) is 11.1 Å². The van der Waals surface area contributed by atoms with Crippen molar-refractivity contribution in [1.29, 1.82) is 0 Å². The molecule has 0 aliphatic heterocycles. The van der Waals surface area contributed by atoms with E-state index in [0.29, 0.717) is 15.9 Å². The van der Waals surface area contributed by atoms with Gasteiger partial charge in [-0.1, -0.05) is 0 Å². The van der Waals surface area contributed by atoms with Crippen molar-refractivity contribution in [3.8, 4) is 0 Å². The van der Waals surface area contributed by atoms with Crippen molar-refractivity contribution >= 4 is 33.3 Å². The number of hydrogen-bond acceptors (Lipinski definition) is 4. The Bertz CT molecular complexity index is 643. The van der Waals surface area contributed by atoms with Crippen LogP contribution >= 0.6 is 15.9 Å². The molecular formula is C12H10BrF3N4. The molecule has 3 N–H and O–H groups in total. The molecule has 106 valence electrons. The van der Waals surface area contributed by atoms with Gasteiger partial charge in [0.05, 0.1) is 11.3 Å². The van der Waals surface area contributed by atoms with Crippen LogP contribution in [0, 0.1) is 6.92 Å². The highest BCUT2D eigenvalue weighted by molar-refractivity contribution is 9.10. The molecule has 0 fully saturated rings. The Hall–Kier alpha value is -1.83. The second kappa shape index (κ2) is 5.28. The van der Waals surface area contributed by atoms with Gasteiger partial charge in [0.1, 0.15) is 18.0 Å². The third kappa shape index (κ3) is 3.01. The van der Waals surface area contributed by atoms with Gasteiger partial charge in [0, 0.05) is 10.0 Å². The number of nitrogens with zero attached hydrogens (tertiary/aromatic N) is 2. The molecule has 0 radical (unpaired) electrons. The fourth-order valence-corrected chi connectivity index (χ4v) is 1.86. The molecule has 0 aliphatic carbocycles. The van der Waals surface area contributed by atoms with Crippen LogP contribution < -0.4 is 11.1 Å². The average Bonchev–Trinajstić information content (AvgIpc) is 2.36. The van der Waals surface area contributed by atoms with E-state index < -0.39 is 11.7 Å². The summed E-state index contributed by atoms with van der Waals surface area (Å²) in [6.45, 7) is 1.68. The summed E-state index contributed by atoms with van der Waals surface area (Å²) in [6, 6.07) is 3.32. The average molecular weight is 347 g/mol. The normalized spacial score (nSPS) is 11.4. The van der Waals surface area contributed by atoms with Gasteiger partial charge in [0.25, 0.3) is 0 Å². The Labute approximate surface area is 121 Å². The zero-order valence-corrected chi connectivity index (χ0v) is 11.9. The van der Waals surface area contributed by atoms with Crippen LogP contribution in [0.25, 0.3) is 0 Å². The minimum atomic E-state index is -4.41. The predicted octanol–water partition coefficient (Wildman–Crippen LogP) is 3.89. The van der Waals surface area contributed by atoms with Crippen molar-refractivity contribution in [3.05, 3.63) is 40.1 Å². The Balaban J connectivity index is 2.41. The zero-order valence-electron chi connectivity index (χ0n) is 10.3. The lowest BCUT2D eigenvalue weighted by atomic mass is 10.2. The highest BCUT2D eigenvalue weighted by atomic mass is 79.9. The first-order valence-corrected chi connectivity index (χ1v) is 6.29. The van der Waals surface area contributed by atoms with Gasteiger partial charge in [-0.15, -0.1) is 0 Å².